The molecule has 1 fully saturated rings. The minimum Gasteiger partial charge on any atom is -0.342 e. The van der Waals surface area contributed by atoms with Gasteiger partial charge in [0, 0.05) is 13.1 Å². The molecular formula is C19H27F3N2O. The quantitative estimate of drug-likeness (QED) is 0.834. The minimum absolute atomic E-state index is 0.0521. The number of amides is 1. The molecule has 0 aromatic heterocycles. The van der Waals surface area contributed by atoms with E-state index in [0.29, 0.717) is 31.0 Å². The fraction of sp³-hybridized carbons (Fsp3) is 0.632. The molecule has 1 atom stereocenters. The van der Waals surface area contributed by atoms with E-state index in [9.17, 15) is 18.0 Å². The van der Waals surface area contributed by atoms with Gasteiger partial charge in [-0.1, -0.05) is 32.0 Å². The predicted octanol–water partition coefficient (Wildman–Crippen LogP) is 4.05. The van der Waals surface area contributed by atoms with Crippen molar-refractivity contribution in [2.75, 3.05) is 26.2 Å². The molecule has 1 heterocycles. The second kappa shape index (κ2) is 8.70. The summed E-state index contributed by atoms with van der Waals surface area (Å²) in [5, 5.41) is 3.33. The van der Waals surface area contributed by atoms with Gasteiger partial charge in [-0.3, -0.25) is 4.79 Å². The van der Waals surface area contributed by atoms with Crippen molar-refractivity contribution < 1.29 is 18.0 Å². The molecule has 0 aliphatic carbocycles. The number of carbonyl (C=O) groups is 1. The summed E-state index contributed by atoms with van der Waals surface area (Å²) in [7, 11) is 0. The molecule has 1 unspecified atom stereocenters. The summed E-state index contributed by atoms with van der Waals surface area (Å²) in [5.74, 6) is 0.00831. The second-order valence-corrected chi connectivity index (χ2v) is 6.66. The first-order valence-electron chi connectivity index (χ1n) is 9.03. The van der Waals surface area contributed by atoms with Gasteiger partial charge in [0.05, 0.1) is 11.5 Å². The molecule has 1 saturated heterocycles. The Kier molecular flexibility index (Phi) is 6.87. The Bertz CT molecular complexity index is 566. The average Bonchev–Trinajstić information content (AvgIpc) is 2.60. The van der Waals surface area contributed by atoms with E-state index in [1.807, 2.05) is 11.8 Å². The molecule has 0 saturated carbocycles. The number of hydrogen-bond donors (Lipinski definition) is 1. The fourth-order valence-corrected chi connectivity index (χ4v) is 3.41. The highest BCUT2D eigenvalue weighted by atomic mass is 19.4. The van der Waals surface area contributed by atoms with Gasteiger partial charge in [-0.25, -0.2) is 0 Å². The lowest BCUT2D eigenvalue weighted by Gasteiger charge is -2.34. The van der Waals surface area contributed by atoms with Crippen LogP contribution in [0.4, 0.5) is 13.2 Å². The molecule has 1 aromatic rings. The van der Waals surface area contributed by atoms with Crippen LogP contribution in [-0.2, 0) is 11.0 Å². The van der Waals surface area contributed by atoms with Crippen molar-refractivity contribution in [3.63, 3.8) is 0 Å². The first-order valence-corrected chi connectivity index (χ1v) is 9.03. The van der Waals surface area contributed by atoms with Crippen LogP contribution in [-0.4, -0.2) is 37.0 Å². The van der Waals surface area contributed by atoms with Crippen molar-refractivity contribution in [3.05, 3.63) is 35.4 Å². The highest BCUT2D eigenvalue weighted by Gasteiger charge is 2.33. The predicted molar refractivity (Wildman–Crippen MR) is 92.3 cm³/mol. The lowest BCUT2D eigenvalue weighted by molar-refractivity contribution is -0.138. The van der Waals surface area contributed by atoms with Crippen LogP contribution in [0.3, 0.4) is 0 Å². The maximum absolute atomic E-state index is 12.9. The number of carbonyl (C=O) groups excluding carboxylic acids is 1. The fourth-order valence-electron chi connectivity index (χ4n) is 3.41. The minimum atomic E-state index is -4.39. The van der Waals surface area contributed by atoms with Crippen molar-refractivity contribution in [2.45, 2.75) is 45.2 Å². The van der Waals surface area contributed by atoms with E-state index in [4.69, 9.17) is 0 Å². The van der Waals surface area contributed by atoms with E-state index in [-0.39, 0.29) is 5.91 Å². The number of nitrogens with zero attached hydrogens (tertiary/aromatic N) is 1. The summed E-state index contributed by atoms with van der Waals surface area (Å²) in [6.07, 6.45) is -2.00. The molecule has 1 aromatic carbocycles. The molecule has 2 rings (SSSR count). The lowest BCUT2D eigenvalue weighted by atomic mass is 9.91. The topological polar surface area (TPSA) is 32.3 Å². The van der Waals surface area contributed by atoms with E-state index >= 15 is 0 Å². The molecule has 1 amide bonds. The van der Waals surface area contributed by atoms with Gasteiger partial charge in [0.2, 0.25) is 5.91 Å². The zero-order valence-corrected chi connectivity index (χ0v) is 14.9. The number of halogens is 3. The Labute approximate surface area is 147 Å². The summed E-state index contributed by atoms with van der Waals surface area (Å²) in [6, 6.07) is 5.17. The number of piperidine rings is 1. The average molecular weight is 356 g/mol. The van der Waals surface area contributed by atoms with E-state index in [2.05, 4.69) is 12.2 Å². The number of rotatable bonds is 6. The summed E-state index contributed by atoms with van der Waals surface area (Å²) in [4.78, 5) is 14.7. The molecule has 6 heteroatoms. The van der Waals surface area contributed by atoms with E-state index in [1.54, 1.807) is 6.07 Å². The van der Waals surface area contributed by atoms with Crippen molar-refractivity contribution in [1.82, 2.24) is 10.2 Å². The van der Waals surface area contributed by atoms with Gasteiger partial charge in [-0.2, -0.15) is 13.2 Å². The monoisotopic (exact) mass is 356 g/mol. The highest BCUT2D eigenvalue weighted by molar-refractivity contribution is 5.83. The van der Waals surface area contributed by atoms with Crippen molar-refractivity contribution in [3.8, 4) is 0 Å². The SMILES string of the molecule is CCNCC1CCN(C(=O)C(CC)c2cccc(C(F)(F)F)c2)CC1. The number of alkyl halides is 3. The third-order valence-electron chi connectivity index (χ3n) is 4.93. The summed E-state index contributed by atoms with van der Waals surface area (Å²) in [5.41, 5.74) is -0.238. The van der Waals surface area contributed by atoms with Gasteiger partial charge in [-0.15, -0.1) is 0 Å². The largest absolute Gasteiger partial charge is 0.416 e. The Balaban J connectivity index is 2.05. The lowest BCUT2D eigenvalue weighted by Crippen LogP contribution is -2.42. The smallest absolute Gasteiger partial charge is 0.342 e. The van der Waals surface area contributed by atoms with Crippen LogP contribution < -0.4 is 5.32 Å². The Morgan fingerprint density at radius 1 is 1.28 bits per heavy atom. The van der Waals surface area contributed by atoms with Gasteiger partial charge in [-0.05, 0) is 49.9 Å². The number of benzene rings is 1. The number of hydrogen-bond acceptors (Lipinski definition) is 2. The van der Waals surface area contributed by atoms with Crippen LogP contribution in [0.1, 0.15) is 50.2 Å². The summed E-state index contributed by atoms with van der Waals surface area (Å²) < 4.78 is 38.8. The number of nitrogens with one attached hydrogen (secondary N) is 1. The van der Waals surface area contributed by atoms with E-state index < -0.39 is 17.7 Å². The summed E-state index contributed by atoms with van der Waals surface area (Å²) >= 11 is 0. The van der Waals surface area contributed by atoms with Crippen LogP contribution >= 0.6 is 0 Å². The molecule has 0 bridgehead atoms. The van der Waals surface area contributed by atoms with Crippen molar-refractivity contribution in [1.29, 1.82) is 0 Å². The van der Waals surface area contributed by atoms with Crippen LogP contribution in [0, 0.1) is 5.92 Å². The van der Waals surface area contributed by atoms with Gasteiger partial charge in [0.15, 0.2) is 0 Å². The second-order valence-electron chi connectivity index (χ2n) is 6.66. The van der Waals surface area contributed by atoms with E-state index in [0.717, 1.165) is 38.1 Å². The summed E-state index contributed by atoms with van der Waals surface area (Å²) in [6.45, 7) is 7.19. The third kappa shape index (κ3) is 5.21. The Hall–Kier alpha value is -1.56. The highest BCUT2D eigenvalue weighted by Crippen LogP contribution is 2.32. The van der Waals surface area contributed by atoms with Crippen molar-refractivity contribution in [2.24, 2.45) is 5.92 Å². The standard InChI is InChI=1S/C19H27F3N2O/c1-3-17(15-6-5-7-16(12-15)19(20,21)22)18(25)24-10-8-14(9-11-24)13-23-4-2/h5-7,12,14,17,23H,3-4,8-11,13H2,1-2H3. The Morgan fingerprint density at radius 2 is 1.96 bits per heavy atom. The Morgan fingerprint density at radius 3 is 2.52 bits per heavy atom. The first-order chi connectivity index (χ1) is 11.9. The van der Waals surface area contributed by atoms with Crippen LogP contribution in [0.2, 0.25) is 0 Å². The maximum Gasteiger partial charge on any atom is 0.416 e. The molecule has 1 aliphatic rings. The van der Waals surface area contributed by atoms with Crippen LogP contribution in [0.15, 0.2) is 24.3 Å². The molecule has 3 nitrogen and oxygen atoms in total. The van der Waals surface area contributed by atoms with Gasteiger partial charge >= 0.3 is 6.18 Å². The molecule has 140 valence electrons. The molecule has 0 radical (unpaired) electrons. The van der Waals surface area contributed by atoms with Crippen LogP contribution in [0.25, 0.3) is 0 Å². The molecule has 25 heavy (non-hydrogen) atoms. The maximum atomic E-state index is 12.9. The van der Waals surface area contributed by atoms with Gasteiger partial charge in [0.25, 0.3) is 0 Å². The first kappa shape index (κ1) is 19.8. The zero-order chi connectivity index (χ0) is 18.4. The molecule has 1 N–H and O–H groups in total. The van der Waals surface area contributed by atoms with Gasteiger partial charge in [0.1, 0.15) is 0 Å². The molecular weight excluding hydrogens is 329 g/mol. The third-order valence-corrected chi connectivity index (χ3v) is 4.93. The molecule has 0 spiro atoms. The zero-order valence-electron chi connectivity index (χ0n) is 14.9. The van der Waals surface area contributed by atoms with Gasteiger partial charge < -0.3 is 10.2 Å². The molecule has 1 aliphatic heterocycles. The van der Waals surface area contributed by atoms with Crippen molar-refractivity contribution >= 4 is 5.91 Å². The number of likely N-dealkylation sites (tertiary alicyclic amines) is 1. The van der Waals surface area contributed by atoms with E-state index in [1.165, 1.54) is 6.07 Å². The normalized spacial score (nSPS) is 17.6. The van der Waals surface area contributed by atoms with Crippen LogP contribution in [0.5, 0.6) is 0 Å².